The number of halogens is 2. The molecule has 6 nitrogen and oxygen atoms in total. The maximum Gasteiger partial charge on any atom is 0.408 e. The third kappa shape index (κ3) is 7.07. The molecule has 0 aliphatic carbocycles. The largest absolute Gasteiger partial charge is 0.444 e. The van der Waals surface area contributed by atoms with Gasteiger partial charge in [0.25, 0.3) is 0 Å². The molecule has 0 bridgehead atoms. The van der Waals surface area contributed by atoms with Crippen LogP contribution in [0.3, 0.4) is 0 Å². The zero-order valence-electron chi connectivity index (χ0n) is 16.3. The van der Waals surface area contributed by atoms with E-state index in [1.165, 1.54) is 12.1 Å². The van der Waals surface area contributed by atoms with Crippen molar-refractivity contribution in [2.75, 3.05) is 6.54 Å². The van der Waals surface area contributed by atoms with Gasteiger partial charge in [-0.2, -0.15) is 0 Å². The van der Waals surface area contributed by atoms with Crippen molar-refractivity contribution < 1.29 is 19.1 Å². The molecule has 8 heteroatoms. The van der Waals surface area contributed by atoms with Crippen molar-refractivity contribution in [2.45, 2.75) is 32.4 Å². The Balaban J connectivity index is 2.11. The van der Waals surface area contributed by atoms with Crippen molar-refractivity contribution in [1.29, 1.82) is 0 Å². The Bertz CT molecular complexity index is 895. The Morgan fingerprint density at radius 1 is 1.03 bits per heavy atom. The third-order valence-electron chi connectivity index (χ3n) is 3.71. The highest BCUT2D eigenvalue weighted by atomic mass is 35.5. The van der Waals surface area contributed by atoms with Crippen LogP contribution in [0.25, 0.3) is 0 Å². The molecule has 0 aliphatic rings. The number of ketones is 1. The molecule has 0 saturated carbocycles. The van der Waals surface area contributed by atoms with E-state index >= 15 is 0 Å². The molecule has 1 unspecified atom stereocenters. The van der Waals surface area contributed by atoms with Gasteiger partial charge in [-0.05, 0) is 44.5 Å². The molecular weight excluding hydrogens is 415 g/mol. The quantitative estimate of drug-likeness (QED) is 0.649. The first-order valence-corrected chi connectivity index (χ1v) is 9.63. The van der Waals surface area contributed by atoms with Crippen LogP contribution in [0.1, 0.15) is 42.7 Å². The van der Waals surface area contributed by atoms with Crippen molar-refractivity contribution in [2.24, 2.45) is 0 Å². The molecule has 0 aromatic heterocycles. The Morgan fingerprint density at radius 2 is 1.69 bits per heavy atom. The van der Waals surface area contributed by atoms with Gasteiger partial charge in [-0.1, -0.05) is 53.5 Å². The average Bonchev–Trinajstić information content (AvgIpc) is 2.63. The number of carbonyl (C=O) groups is 3. The molecule has 2 aromatic carbocycles. The molecule has 2 N–H and O–H groups in total. The van der Waals surface area contributed by atoms with E-state index in [2.05, 4.69) is 10.6 Å². The second kappa shape index (κ2) is 9.76. The number of rotatable bonds is 6. The van der Waals surface area contributed by atoms with Gasteiger partial charge in [-0.3, -0.25) is 9.59 Å². The van der Waals surface area contributed by atoms with Crippen molar-refractivity contribution in [3.63, 3.8) is 0 Å². The zero-order valence-corrected chi connectivity index (χ0v) is 17.8. The van der Waals surface area contributed by atoms with E-state index in [0.29, 0.717) is 10.6 Å². The summed E-state index contributed by atoms with van der Waals surface area (Å²) in [6.45, 7) is 4.87. The highest BCUT2D eigenvalue weighted by molar-refractivity contribution is 6.36. The standard InChI is InChI=1S/C21H22Cl2N2O4/c1-21(2,3)29-20(28)25-18(13-7-5-4-6-8-13)19(27)24-12-17(26)15-10-9-14(22)11-16(15)23/h4-11,18H,12H2,1-3H3,(H,24,27)(H,25,28). The predicted molar refractivity (Wildman–Crippen MR) is 112 cm³/mol. The average molecular weight is 437 g/mol. The molecule has 0 saturated heterocycles. The molecule has 29 heavy (non-hydrogen) atoms. The lowest BCUT2D eigenvalue weighted by atomic mass is 10.1. The van der Waals surface area contributed by atoms with Crippen molar-refractivity contribution >= 4 is 41.0 Å². The number of hydrogen-bond acceptors (Lipinski definition) is 4. The van der Waals surface area contributed by atoms with E-state index < -0.39 is 23.6 Å². The molecule has 0 spiro atoms. The molecule has 0 radical (unpaired) electrons. The maximum absolute atomic E-state index is 12.7. The summed E-state index contributed by atoms with van der Waals surface area (Å²) in [4.78, 5) is 37.3. The van der Waals surface area contributed by atoms with E-state index in [-0.39, 0.29) is 22.9 Å². The first kappa shape index (κ1) is 22.7. The molecule has 2 rings (SSSR count). The lowest BCUT2D eigenvalue weighted by molar-refractivity contribution is -0.123. The number of benzene rings is 2. The van der Waals surface area contributed by atoms with Gasteiger partial charge in [-0.25, -0.2) is 4.79 Å². The molecule has 0 heterocycles. The first-order chi connectivity index (χ1) is 13.6. The number of hydrogen-bond donors (Lipinski definition) is 2. The predicted octanol–water partition coefficient (Wildman–Crippen LogP) is 4.56. The van der Waals surface area contributed by atoms with Crippen LogP contribution in [-0.4, -0.2) is 29.9 Å². The van der Waals surface area contributed by atoms with Crippen LogP contribution in [0.4, 0.5) is 4.79 Å². The number of nitrogens with one attached hydrogen (secondary N) is 2. The fourth-order valence-corrected chi connectivity index (χ4v) is 2.97. The first-order valence-electron chi connectivity index (χ1n) is 8.87. The van der Waals surface area contributed by atoms with Crippen LogP contribution < -0.4 is 10.6 Å². The molecule has 0 aliphatic heterocycles. The van der Waals surface area contributed by atoms with Gasteiger partial charge in [0, 0.05) is 10.6 Å². The van der Waals surface area contributed by atoms with Crippen LogP contribution in [0.15, 0.2) is 48.5 Å². The molecule has 0 fully saturated rings. The van der Waals surface area contributed by atoms with E-state index in [9.17, 15) is 14.4 Å². The van der Waals surface area contributed by atoms with Crippen LogP contribution in [0.5, 0.6) is 0 Å². The lowest BCUT2D eigenvalue weighted by Gasteiger charge is -2.23. The van der Waals surface area contributed by atoms with Gasteiger partial charge in [0.05, 0.1) is 11.6 Å². The zero-order chi connectivity index (χ0) is 21.6. The molecule has 1 atom stereocenters. The highest BCUT2D eigenvalue weighted by Gasteiger charge is 2.26. The van der Waals surface area contributed by atoms with Gasteiger partial charge in [0.2, 0.25) is 5.91 Å². The number of ether oxygens (including phenoxy) is 1. The summed E-state index contributed by atoms with van der Waals surface area (Å²) in [7, 11) is 0. The molecule has 2 amide bonds. The topological polar surface area (TPSA) is 84.5 Å². The second-order valence-corrected chi connectivity index (χ2v) is 8.10. The summed E-state index contributed by atoms with van der Waals surface area (Å²) in [6, 6.07) is 12.1. The SMILES string of the molecule is CC(C)(C)OC(=O)NC(C(=O)NCC(=O)c1ccc(Cl)cc1Cl)c1ccccc1. The fraction of sp³-hybridized carbons (Fsp3) is 0.286. The Morgan fingerprint density at radius 3 is 2.28 bits per heavy atom. The number of amides is 2. The van der Waals surface area contributed by atoms with Crippen LogP contribution >= 0.6 is 23.2 Å². The van der Waals surface area contributed by atoms with Crippen molar-refractivity contribution in [3.8, 4) is 0 Å². The van der Waals surface area contributed by atoms with Gasteiger partial charge in [0.15, 0.2) is 5.78 Å². The number of carbonyl (C=O) groups excluding carboxylic acids is 3. The Labute approximate surface area is 179 Å². The maximum atomic E-state index is 12.7. The van der Waals surface area contributed by atoms with E-state index in [0.717, 1.165) is 0 Å². The van der Waals surface area contributed by atoms with Crippen molar-refractivity contribution in [1.82, 2.24) is 10.6 Å². The van der Waals surface area contributed by atoms with Crippen LogP contribution in [0.2, 0.25) is 10.0 Å². The lowest BCUT2D eigenvalue weighted by Crippen LogP contribution is -2.43. The van der Waals surface area contributed by atoms with E-state index in [1.54, 1.807) is 57.2 Å². The summed E-state index contributed by atoms with van der Waals surface area (Å²) in [5, 5.41) is 5.68. The second-order valence-electron chi connectivity index (χ2n) is 7.26. The summed E-state index contributed by atoms with van der Waals surface area (Å²) < 4.78 is 5.23. The van der Waals surface area contributed by atoms with Gasteiger partial charge >= 0.3 is 6.09 Å². The molecule has 2 aromatic rings. The smallest absolute Gasteiger partial charge is 0.408 e. The summed E-state index contributed by atoms with van der Waals surface area (Å²) in [5.41, 5.74) is 0.0730. The van der Waals surface area contributed by atoms with Gasteiger partial charge in [0.1, 0.15) is 11.6 Å². The third-order valence-corrected chi connectivity index (χ3v) is 4.26. The van der Waals surface area contributed by atoms with E-state index in [4.69, 9.17) is 27.9 Å². The fourth-order valence-electron chi connectivity index (χ4n) is 2.45. The number of alkyl carbamates (subject to hydrolysis) is 1. The summed E-state index contributed by atoms with van der Waals surface area (Å²) in [5.74, 6) is -0.940. The minimum atomic E-state index is -1.03. The minimum Gasteiger partial charge on any atom is -0.444 e. The Kier molecular flexibility index (Phi) is 7.65. The van der Waals surface area contributed by atoms with E-state index in [1.807, 2.05) is 0 Å². The molecular formula is C21H22Cl2N2O4. The minimum absolute atomic E-state index is 0.197. The van der Waals surface area contributed by atoms with Crippen LogP contribution in [-0.2, 0) is 9.53 Å². The van der Waals surface area contributed by atoms with Crippen molar-refractivity contribution in [3.05, 3.63) is 69.7 Å². The number of Topliss-reactive ketones (excluding diaryl/α,β-unsaturated/α-hetero) is 1. The van der Waals surface area contributed by atoms with Gasteiger partial charge < -0.3 is 15.4 Å². The monoisotopic (exact) mass is 436 g/mol. The summed E-state index contributed by atoms with van der Waals surface area (Å²) in [6.07, 6.45) is -0.742. The Hall–Kier alpha value is -2.57. The summed E-state index contributed by atoms with van der Waals surface area (Å²) >= 11 is 11.9. The van der Waals surface area contributed by atoms with Gasteiger partial charge in [-0.15, -0.1) is 0 Å². The molecule has 154 valence electrons. The normalized spacial score (nSPS) is 12.0. The highest BCUT2D eigenvalue weighted by Crippen LogP contribution is 2.21. The van der Waals surface area contributed by atoms with Crippen LogP contribution in [0, 0.1) is 0 Å².